The van der Waals surface area contributed by atoms with Crippen LogP contribution in [0.1, 0.15) is 16.7 Å². The Labute approximate surface area is 157 Å². The van der Waals surface area contributed by atoms with Crippen LogP contribution >= 0.6 is 48.0 Å². The van der Waals surface area contributed by atoms with E-state index >= 15 is 0 Å². The molecule has 1 aliphatic carbocycles. The third kappa shape index (κ3) is 2.83. The molecule has 0 saturated heterocycles. The van der Waals surface area contributed by atoms with Gasteiger partial charge in [0.2, 0.25) is 0 Å². The molecule has 0 amide bonds. The minimum atomic E-state index is 0. The van der Waals surface area contributed by atoms with Gasteiger partial charge in [-0.3, -0.25) is 0 Å². The number of hydrogen-bond donors (Lipinski definition) is 0. The summed E-state index contributed by atoms with van der Waals surface area (Å²) in [4.78, 5) is 0. The Balaban J connectivity index is 0.000000810. The molecule has 0 nitrogen and oxygen atoms in total. The summed E-state index contributed by atoms with van der Waals surface area (Å²) >= 11 is 1.52. The van der Waals surface area contributed by atoms with Crippen LogP contribution in [0.4, 0.5) is 0 Å². The van der Waals surface area contributed by atoms with Crippen LogP contribution in [0.5, 0.6) is 0 Å². The molecule has 0 bridgehead atoms. The molecule has 3 rings (SSSR count). The molecule has 91 valence electrons. The Hall–Kier alpha value is 0.523. The van der Waals surface area contributed by atoms with Crippen molar-refractivity contribution in [2.75, 3.05) is 0 Å². The van der Waals surface area contributed by atoms with Crippen LogP contribution in [-0.2, 0) is 27.8 Å². The summed E-state index contributed by atoms with van der Waals surface area (Å²) in [5.74, 6) is 0. The van der Waals surface area contributed by atoms with Crippen LogP contribution in [0.2, 0.25) is 0 Å². The zero-order valence-corrected chi connectivity index (χ0v) is 16.8. The van der Waals surface area contributed by atoms with Crippen LogP contribution in [0.3, 0.4) is 0 Å². The molecule has 0 aliphatic heterocycles. The second kappa shape index (κ2) is 6.80. The average molecular weight is 538 g/mol. The molecular formula is C15H13I2Zr. The number of allylic oxidation sites excluding steroid dienone is 1. The first-order valence-corrected chi connectivity index (χ1v) is 6.63. The van der Waals surface area contributed by atoms with Crippen molar-refractivity contribution < 1.29 is 24.7 Å². The monoisotopic (exact) mass is 537 g/mol. The van der Waals surface area contributed by atoms with E-state index in [0.29, 0.717) is 0 Å². The number of fused-ring (bicyclic) bond motifs is 1. The summed E-state index contributed by atoms with van der Waals surface area (Å²) < 4.78 is 0.130. The molecule has 0 fully saturated rings. The van der Waals surface area contributed by atoms with Gasteiger partial charge in [0.1, 0.15) is 0 Å². The van der Waals surface area contributed by atoms with Crippen LogP contribution in [-0.4, -0.2) is 0 Å². The topological polar surface area (TPSA) is 0 Å². The molecule has 3 heteroatoms. The number of benzene rings is 2. The van der Waals surface area contributed by atoms with Gasteiger partial charge in [-0.15, -0.1) is 48.0 Å². The second-order valence-corrected chi connectivity index (χ2v) is 6.03. The Bertz CT molecular complexity index is 551. The van der Waals surface area contributed by atoms with E-state index in [1.54, 1.807) is 0 Å². The molecule has 1 unspecified atom stereocenters. The summed E-state index contributed by atoms with van der Waals surface area (Å²) in [6.07, 6.45) is 4.59. The predicted octanol–water partition coefficient (Wildman–Crippen LogP) is 4.74. The molecule has 18 heavy (non-hydrogen) atoms. The van der Waals surface area contributed by atoms with Gasteiger partial charge in [0.15, 0.2) is 0 Å². The number of halogens is 2. The van der Waals surface area contributed by atoms with Crippen LogP contribution < -0.4 is 0 Å². The van der Waals surface area contributed by atoms with Crippen molar-refractivity contribution in [1.82, 2.24) is 0 Å². The Morgan fingerprint density at radius 1 is 0.778 bits per heavy atom. The van der Waals surface area contributed by atoms with Crippen LogP contribution in [0.25, 0.3) is 6.08 Å². The second-order valence-electron chi connectivity index (χ2n) is 4.09. The van der Waals surface area contributed by atoms with Gasteiger partial charge in [0.25, 0.3) is 0 Å². The van der Waals surface area contributed by atoms with E-state index in [9.17, 15) is 0 Å². The van der Waals surface area contributed by atoms with Crippen LogP contribution in [0.15, 0.2) is 60.7 Å². The number of hydrogen-bond acceptors (Lipinski definition) is 0. The van der Waals surface area contributed by atoms with E-state index in [1.807, 2.05) is 0 Å². The fraction of sp³-hybridized carbons (Fsp3) is 0.0667. The van der Waals surface area contributed by atoms with E-state index in [1.165, 1.54) is 41.4 Å². The quantitative estimate of drug-likeness (QED) is 0.461. The van der Waals surface area contributed by atoms with Gasteiger partial charge in [-0.25, -0.2) is 0 Å². The van der Waals surface area contributed by atoms with Crippen molar-refractivity contribution in [3.63, 3.8) is 0 Å². The fourth-order valence-corrected chi connectivity index (χ4v) is 3.43. The SMILES string of the molecule is I.I.[Zr][C]1(c2ccccc2)C=Cc2ccccc21. The van der Waals surface area contributed by atoms with Crippen molar-refractivity contribution in [2.45, 2.75) is 3.12 Å². The summed E-state index contributed by atoms with van der Waals surface area (Å²) in [6, 6.07) is 19.4. The van der Waals surface area contributed by atoms with Crippen molar-refractivity contribution in [3.05, 3.63) is 77.4 Å². The first kappa shape index (κ1) is 16.6. The molecule has 1 atom stereocenters. The first-order chi connectivity index (χ1) is 7.81. The summed E-state index contributed by atoms with van der Waals surface area (Å²) in [5.41, 5.74) is 4.21. The maximum absolute atomic E-state index is 2.34. The van der Waals surface area contributed by atoms with Gasteiger partial charge in [0.05, 0.1) is 0 Å². The zero-order chi connectivity index (χ0) is 11.0. The molecule has 0 N–H and O–H groups in total. The standard InChI is InChI=1S/C15H11.2HI.Zr/c1-2-6-12(7-3-1)15-11-10-13-8-4-5-9-14(13)15;;;/h1-11H;2*1H;. The van der Waals surface area contributed by atoms with Gasteiger partial charge in [-0.05, 0) is 0 Å². The Kier molecular flexibility index (Phi) is 6.26. The van der Waals surface area contributed by atoms with E-state index < -0.39 is 0 Å². The van der Waals surface area contributed by atoms with E-state index in [4.69, 9.17) is 0 Å². The fourth-order valence-electron chi connectivity index (χ4n) is 2.26. The van der Waals surface area contributed by atoms with Crippen LogP contribution in [0, 0.1) is 0 Å². The molecule has 0 radical (unpaired) electrons. The molecule has 2 aromatic rings. The third-order valence-corrected chi connectivity index (χ3v) is 4.91. The summed E-state index contributed by atoms with van der Waals surface area (Å²) in [5, 5.41) is 0. The normalized spacial score (nSPS) is 19.5. The van der Waals surface area contributed by atoms with Gasteiger partial charge in [-0.2, -0.15) is 0 Å². The van der Waals surface area contributed by atoms with Crippen molar-refractivity contribution >= 4 is 54.0 Å². The van der Waals surface area contributed by atoms with E-state index in [0.717, 1.165) is 0 Å². The van der Waals surface area contributed by atoms with E-state index in [2.05, 4.69) is 66.7 Å². The molecule has 1 aliphatic rings. The van der Waals surface area contributed by atoms with Gasteiger partial charge in [0, 0.05) is 0 Å². The molecule has 0 aromatic heterocycles. The maximum atomic E-state index is 2.34. The van der Waals surface area contributed by atoms with Crippen molar-refractivity contribution in [1.29, 1.82) is 0 Å². The Morgan fingerprint density at radius 3 is 2.11 bits per heavy atom. The predicted molar refractivity (Wildman–Crippen MR) is 93.5 cm³/mol. The number of rotatable bonds is 1. The summed E-state index contributed by atoms with van der Waals surface area (Å²) in [7, 11) is 0. The molecule has 0 saturated carbocycles. The van der Waals surface area contributed by atoms with Gasteiger partial charge in [-0.1, -0.05) is 0 Å². The minimum absolute atomic E-state index is 0. The third-order valence-electron chi connectivity index (χ3n) is 3.13. The zero-order valence-electron chi connectivity index (χ0n) is 9.67. The van der Waals surface area contributed by atoms with Crippen molar-refractivity contribution in [2.24, 2.45) is 0 Å². The average Bonchev–Trinajstić information content (AvgIpc) is 2.71. The van der Waals surface area contributed by atoms with Gasteiger partial charge < -0.3 is 0 Å². The first-order valence-electron chi connectivity index (χ1n) is 5.40. The van der Waals surface area contributed by atoms with E-state index in [-0.39, 0.29) is 51.1 Å². The summed E-state index contributed by atoms with van der Waals surface area (Å²) in [6.45, 7) is 0. The van der Waals surface area contributed by atoms with Crippen molar-refractivity contribution in [3.8, 4) is 0 Å². The molecular weight excluding hydrogens is 525 g/mol. The molecule has 0 heterocycles. The molecule has 0 spiro atoms. The Morgan fingerprint density at radius 2 is 1.39 bits per heavy atom. The molecule has 2 aromatic carbocycles. The van der Waals surface area contributed by atoms with Gasteiger partial charge >= 0.3 is 111 Å².